The van der Waals surface area contributed by atoms with E-state index in [0.29, 0.717) is 6.42 Å². The third-order valence-corrected chi connectivity index (χ3v) is 3.52. The van der Waals surface area contributed by atoms with E-state index in [2.05, 4.69) is 9.84 Å². The number of hydrogen-bond acceptors (Lipinski definition) is 4. The van der Waals surface area contributed by atoms with Crippen LogP contribution in [0.4, 0.5) is 0 Å². The molecule has 0 aromatic heterocycles. The maximum Gasteiger partial charge on any atom is 0.472 e. The Bertz CT molecular complexity index is 465. The van der Waals surface area contributed by atoms with Gasteiger partial charge in [0.25, 0.3) is 0 Å². The Kier molecular flexibility index (Phi) is 6.88. The Labute approximate surface area is 118 Å². The van der Waals surface area contributed by atoms with Crippen LogP contribution in [0.2, 0.25) is 0 Å². The zero-order valence-corrected chi connectivity index (χ0v) is 12.5. The van der Waals surface area contributed by atoms with Crippen molar-refractivity contribution in [1.82, 2.24) is 5.32 Å². The first-order valence-corrected chi connectivity index (χ1v) is 7.85. The third-order valence-electron chi connectivity index (χ3n) is 2.46. The van der Waals surface area contributed by atoms with Crippen molar-refractivity contribution in [3.63, 3.8) is 0 Å². The molecule has 0 fully saturated rings. The van der Waals surface area contributed by atoms with Crippen LogP contribution < -0.4 is 5.32 Å². The van der Waals surface area contributed by atoms with Crippen LogP contribution in [0.5, 0.6) is 0 Å². The minimum absolute atomic E-state index is 0.0806. The van der Waals surface area contributed by atoms with E-state index in [-0.39, 0.29) is 19.1 Å². The maximum atomic E-state index is 11.5. The Morgan fingerprint density at radius 3 is 2.55 bits per heavy atom. The number of amides is 1. The molecule has 2 unspecified atom stereocenters. The highest BCUT2D eigenvalue weighted by Crippen LogP contribution is 2.42. The molecule has 1 aromatic rings. The molecule has 6 nitrogen and oxygen atoms in total. The van der Waals surface area contributed by atoms with E-state index in [1.54, 1.807) is 6.92 Å². The summed E-state index contributed by atoms with van der Waals surface area (Å²) in [7, 11) is -4.05. The summed E-state index contributed by atoms with van der Waals surface area (Å²) in [4.78, 5) is 20.5. The lowest BCUT2D eigenvalue weighted by molar-refractivity contribution is -0.119. The van der Waals surface area contributed by atoms with Crippen molar-refractivity contribution in [1.29, 1.82) is 0 Å². The molecule has 2 atom stereocenters. The largest absolute Gasteiger partial charge is 0.472 e. The fourth-order valence-electron chi connectivity index (χ4n) is 1.72. The molecule has 1 amide bonds. The normalized spacial score (nSPS) is 15.3. The minimum atomic E-state index is -4.05. The van der Waals surface area contributed by atoms with Gasteiger partial charge < -0.3 is 10.2 Å². The van der Waals surface area contributed by atoms with E-state index < -0.39 is 13.9 Å². The van der Waals surface area contributed by atoms with Crippen LogP contribution in [-0.2, 0) is 24.8 Å². The first-order valence-electron chi connectivity index (χ1n) is 6.36. The molecule has 0 aliphatic rings. The highest BCUT2D eigenvalue weighted by atomic mass is 31.2. The van der Waals surface area contributed by atoms with Crippen molar-refractivity contribution in [3.8, 4) is 0 Å². The zero-order valence-electron chi connectivity index (χ0n) is 11.6. The molecule has 1 aromatic carbocycles. The standard InChI is InChI=1S/C13H20NO5P/c1-3-18-20(16,17)19-10-13(14-11(2)15)9-12-7-5-4-6-8-12/h4-8,13H,3,9-10H2,1-2H3,(H,14,15)(H,16,17). The summed E-state index contributed by atoms with van der Waals surface area (Å²) in [5.74, 6) is -0.223. The fraction of sp³-hybridized carbons (Fsp3) is 0.462. The predicted octanol–water partition coefficient (Wildman–Crippen LogP) is 1.89. The van der Waals surface area contributed by atoms with Gasteiger partial charge in [-0.15, -0.1) is 0 Å². The van der Waals surface area contributed by atoms with Gasteiger partial charge in [-0.05, 0) is 18.9 Å². The lowest BCUT2D eigenvalue weighted by Gasteiger charge is -2.19. The van der Waals surface area contributed by atoms with Crippen LogP contribution in [0.3, 0.4) is 0 Å². The first kappa shape index (κ1) is 16.9. The average molecular weight is 301 g/mol. The Balaban J connectivity index is 2.61. The zero-order chi connectivity index (χ0) is 15.0. The van der Waals surface area contributed by atoms with Crippen LogP contribution in [0.15, 0.2) is 30.3 Å². The van der Waals surface area contributed by atoms with Gasteiger partial charge in [0.2, 0.25) is 5.91 Å². The van der Waals surface area contributed by atoms with Crippen LogP contribution in [0.1, 0.15) is 19.4 Å². The van der Waals surface area contributed by atoms with Gasteiger partial charge in [-0.25, -0.2) is 4.57 Å². The lowest BCUT2D eigenvalue weighted by Crippen LogP contribution is -2.38. The number of carbonyl (C=O) groups excluding carboxylic acids is 1. The van der Waals surface area contributed by atoms with E-state index in [0.717, 1.165) is 5.56 Å². The van der Waals surface area contributed by atoms with Crippen molar-refractivity contribution in [2.45, 2.75) is 26.3 Å². The summed E-state index contributed by atoms with van der Waals surface area (Å²) < 4.78 is 20.9. The topological polar surface area (TPSA) is 84.9 Å². The summed E-state index contributed by atoms with van der Waals surface area (Å²) >= 11 is 0. The molecule has 112 valence electrons. The molecular formula is C13H20NO5P. The molecule has 0 heterocycles. The van der Waals surface area contributed by atoms with Crippen molar-refractivity contribution in [2.24, 2.45) is 0 Å². The molecule has 0 bridgehead atoms. The van der Waals surface area contributed by atoms with E-state index in [1.165, 1.54) is 6.92 Å². The molecule has 2 N–H and O–H groups in total. The number of hydrogen-bond donors (Lipinski definition) is 2. The van der Waals surface area contributed by atoms with Gasteiger partial charge in [-0.2, -0.15) is 0 Å². The number of rotatable bonds is 8. The second-order valence-electron chi connectivity index (χ2n) is 4.27. The second kappa shape index (κ2) is 8.17. The number of phosphoric acid groups is 1. The van der Waals surface area contributed by atoms with E-state index >= 15 is 0 Å². The summed E-state index contributed by atoms with van der Waals surface area (Å²) in [6.45, 7) is 2.97. The smallest absolute Gasteiger partial charge is 0.351 e. The van der Waals surface area contributed by atoms with Gasteiger partial charge in [0.05, 0.1) is 19.3 Å². The third kappa shape index (κ3) is 6.82. The molecule has 0 saturated carbocycles. The van der Waals surface area contributed by atoms with Crippen molar-refractivity contribution in [3.05, 3.63) is 35.9 Å². The van der Waals surface area contributed by atoms with Gasteiger partial charge in [0.1, 0.15) is 0 Å². The molecule has 0 spiro atoms. The lowest BCUT2D eigenvalue weighted by atomic mass is 10.1. The molecular weight excluding hydrogens is 281 g/mol. The second-order valence-corrected chi connectivity index (χ2v) is 5.72. The molecule has 0 saturated heterocycles. The number of nitrogens with one attached hydrogen (secondary N) is 1. The highest BCUT2D eigenvalue weighted by molar-refractivity contribution is 7.47. The summed E-state index contributed by atoms with van der Waals surface area (Å²) in [6, 6.07) is 9.10. The fourth-order valence-corrected chi connectivity index (χ4v) is 2.49. The predicted molar refractivity (Wildman–Crippen MR) is 75.2 cm³/mol. The number of carbonyl (C=O) groups is 1. The summed E-state index contributed by atoms with van der Waals surface area (Å²) in [5.41, 5.74) is 0.999. The van der Waals surface area contributed by atoms with Crippen LogP contribution >= 0.6 is 7.82 Å². The van der Waals surface area contributed by atoms with Gasteiger partial charge in [0.15, 0.2) is 0 Å². The molecule has 0 aliphatic heterocycles. The Morgan fingerprint density at radius 1 is 1.35 bits per heavy atom. The molecule has 0 radical (unpaired) electrons. The minimum Gasteiger partial charge on any atom is -0.351 e. The Hall–Kier alpha value is -1.20. The molecule has 0 aliphatic carbocycles. The van der Waals surface area contributed by atoms with Crippen LogP contribution in [0, 0.1) is 0 Å². The van der Waals surface area contributed by atoms with E-state index in [9.17, 15) is 14.3 Å². The van der Waals surface area contributed by atoms with E-state index in [4.69, 9.17) is 4.52 Å². The van der Waals surface area contributed by atoms with Gasteiger partial charge in [0, 0.05) is 6.92 Å². The van der Waals surface area contributed by atoms with Gasteiger partial charge in [-0.1, -0.05) is 30.3 Å². The average Bonchev–Trinajstić information content (AvgIpc) is 2.37. The van der Waals surface area contributed by atoms with Crippen LogP contribution in [0.25, 0.3) is 0 Å². The highest BCUT2D eigenvalue weighted by Gasteiger charge is 2.23. The SMILES string of the molecule is CCOP(=O)(O)OCC(Cc1ccccc1)NC(C)=O. The molecule has 1 rings (SSSR count). The summed E-state index contributed by atoms with van der Waals surface area (Å²) in [6.07, 6.45) is 0.506. The molecule has 20 heavy (non-hydrogen) atoms. The number of benzene rings is 1. The van der Waals surface area contributed by atoms with Gasteiger partial charge in [-0.3, -0.25) is 13.8 Å². The Morgan fingerprint density at radius 2 is 2.00 bits per heavy atom. The maximum absolute atomic E-state index is 11.5. The number of phosphoric ester groups is 1. The van der Waals surface area contributed by atoms with Crippen molar-refractivity contribution >= 4 is 13.7 Å². The van der Waals surface area contributed by atoms with Crippen molar-refractivity contribution < 1.29 is 23.3 Å². The summed E-state index contributed by atoms with van der Waals surface area (Å²) in [5, 5.41) is 2.69. The van der Waals surface area contributed by atoms with E-state index in [1.807, 2.05) is 30.3 Å². The molecule has 7 heteroatoms. The first-order chi connectivity index (χ1) is 9.43. The monoisotopic (exact) mass is 301 g/mol. The van der Waals surface area contributed by atoms with Gasteiger partial charge >= 0.3 is 7.82 Å². The quantitative estimate of drug-likeness (QED) is 0.716. The van der Waals surface area contributed by atoms with Crippen molar-refractivity contribution in [2.75, 3.05) is 13.2 Å². The van der Waals surface area contributed by atoms with Crippen LogP contribution in [-0.4, -0.2) is 30.1 Å².